The molecule has 2 aliphatic rings. The Morgan fingerprint density at radius 1 is 1.12 bits per heavy atom. The number of aromatic nitrogens is 2. The molecule has 0 aromatic carbocycles. The molecule has 3 heteroatoms. The first kappa shape index (κ1) is 11.1. The van der Waals surface area contributed by atoms with Crippen molar-refractivity contribution in [2.75, 3.05) is 0 Å². The fraction of sp³-hybridized carbons (Fsp3) is 0.714. The minimum absolute atomic E-state index is 0.687. The van der Waals surface area contributed by atoms with Crippen molar-refractivity contribution in [1.82, 2.24) is 15.3 Å². The van der Waals surface area contributed by atoms with Crippen LogP contribution in [0.2, 0.25) is 0 Å². The fourth-order valence-corrected chi connectivity index (χ4v) is 2.65. The van der Waals surface area contributed by atoms with E-state index in [4.69, 9.17) is 4.98 Å². The summed E-state index contributed by atoms with van der Waals surface area (Å²) in [6.07, 6.45) is 11.3. The average molecular weight is 231 g/mol. The normalized spacial score (nSPS) is 21.6. The van der Waals surface area contributed by atoms with E-state index in [1.165, 1.54) is 50.6 Å². The molecule has 0 radical (unpaired) electrons. The molecule has 3 rings (SSSR count). The van der Waals surface area contributed by atoms with Crippen LogP contribution in [0.3, 0.4) is 0 Å². The van der Waals surface area contributed by atoms with Crippen molar-refractivity contribution in [3.8, 4) is 0 Å². The van der Waals surface area contributed by atoms with E-state index in [-0.39, 0.29) is 0 Å². The number of nitrogens with zero attached hydrogens (tertiary/aromatic N) is 2. The molecule has 0 spiro atoms. The molecule has 1 aromatic rings. The van der Waals surface area contributed by atoms with Gasteiger partial charge in [-0.25, -0.2) is 9.97 Å². The van der Waals surface area contributed by atoms with Crippen LogP contribution < -0.4 is 5.32 Å². The molecular formula is C14H21N3. The molecule has 2 aliphatic carbocycles. The van der Waals surface area contributed by atoms with Crippen molar-refractivity contribution in [1.29, 1.82) is 0 Å². The molecular weight excluding hydrogens is 210 g/mol. The molecule has 0 amide bonds. The molecule has 2 saturated carbocycles. The SMILES string of the molecule is c1cc(C2CCCCC2)nc(CNC2CC2)n1. The molecule has 92 valence electrons. The summed E-state index contributed by atoms with van der Waals surface area (Å²) in [6.45, 7) is 0.839. The van der Waals surface area contributed by atoms with Gasteiger partial charge in [-0.3, -0.25) is 0 Å². The van der Waals surface area contributed by atoms with Gasteiger partial charge >= 0.3 is 0 Å². The maximum absolute atomic E-state index is 4.72. The van der Waals surface area contributed by atoms with Gasteiger partial charge < -0.3 is 5.32 Å². The van der Waals surface area contributed by atoms with E-state index < -0.39 is 0 Å². The lowest BCUT2D eigenvalue weighted by molar-refractivity contribution is 0.434. The maximum Gasteiger partial charge on any atom is 0.142 e. The highest BCUT2D eigenvalue weighted by Crippen LogP contribution is 2.31. The van der Waals surface area contributed by atoms with Gasteiger partial charge in [0.1, 0.15) is 5.82 Å². The first-order valence-electron chi connectivity index (χ1n) is 6.97. The summed E-state index contributed by atoms with van der Waals surface area (Å²) < 4.78 is 0. The summed E-state index contributed by atoms with van der Waals surface area (Å²) >= 11 is 0. The van der Waals surface area contributed by atoms with E-state index in [0.717, 1.165) is 18.4 Å². The van der Waals surface area contributed by atoms with E-state index in [0.29, 0.717) is 5.92 Å². The van der Waals surface area contributed by atoms with Crippen molar-refractivity contribution in [2.24, 2.45) is 0 Å². The topological polar surface area (TPSA) is 37.8 Å². The maximum atomic E-state index is 4.72. The zero-order valence-electron chi connectivity index (χ0n) is 10.4. The lowest BCUT2D eigenvalue weighted by atomic mass is 9.87. The van der Waals surface area contributed by atoms with Crippen LogP contribution in [0.25, 0.3) is 0 Å². The monoisotopic (exact) mass is 231 g/mol. The Kier molecular flexibility index (Phi) is 3.36. The third-order valence-electron chi connectivity index (χ3n) is 3.88. The highest BCUT2D eigenvalue weighted by atomic mass is 15.0. The van der Waals surface area contributed by atoms with E-state index in [2.05, 4.69) is 16.4 Å². The van der Waals surface area contributed by atoms with Crippen LogP contribution in [0.4, 0.5) is 0 Å². The van der Waals surface area contributed by atoms with Crippen LogP contribution in [0.1, 0.15) is 62.4 Å². The zero-order valence-corrected chi connectivity index (χ0v) is 10.4. The van der Waals surface area contributed by atoms with Crippen LogP contribution >= 0.6 is 0 Å². The minimum atomic E-state index is 0.687. The summed E-state index contributed by atoms with van der Waals surface area (Å²) in [5.41, 5.74) is 1.27. The summed E-state index contributed by atoms with van der Waals surface area (Å²) in [5, 5.41) is 3.48. The van der Waals surface area contributed by atoms with Gasteiger partial charge in [-0.2, -0.15) is 0 Å². The quantitative estimate of drug-likeness (QED) is 0.866. The van der Waals surface area contributed by atoms with Crippen molar-refractivity contribution >= 4 is 0 Å². The first-order chi connectivity index (χ1) is 8.42. The fourth-order valence-electron chi connectivity index (χ4n) is 2.65. The molecule has 0 aliphatic heterocycles. The molecule has 0 saturated heterocycles. The molecule has 0 unspecified atom stereocenters. The lowest BCUT2D eigenvalue weighted by Crippen LogP contribution is -2.18. The van der Waals surface area contributed by atoms with Gasteiger partial charge in [0.25, 0.3) is 0 Å². The third-order valence-corrected chi connectivity index (χ3v) is 3.88. The van der Waals surface area contributed by atoms with Crippen molar-refractivity contribution in [3.05, 3.63) is 23.8 Å². The van der Waals surface area contributed by atoms with Gasteiger partial charge in [-0.1, -0.05) is 19.3 Å². The Labute approximate surface area is 103 Å². The Morgan fingerprint density at radius 2 is 1.94 bits per heavy atom. The summed E-state index contributed by atoms with van der Waals surface area (Å²) in [4.78, 5) is 9.08. The van der Waals surface area contributed by atoms with Crippen LogP contribution in [-0.4, -0.2) is 16.0 Å². The van der Waals surface area contributed by atoms with E-state index in [1.54, 1.807) is 0 Å². The Morgan fingerprint density at radius 3 is 2.71 bits per heavy atom. The number of rotatable bonds is 4. The van der Waals surface area contributed by atoms with E-state index >= 15 is 0 Å². The van der Waals surface area contributed by atoms with Gasteiger partial charge in [0, 0.05) is 23.9 Å². The second-order valence-corrected chi connectivity index (χ2v) is 5.39. The smallest absolute Gasteiger partial charge is 0.142 e. The molecule has 1 N–H and O–H groups in total. The van der Waals surface area contributed by atoms with Crippen molar-refractivity contribution in [2.45, 2.75) is 63.5 Å². The Balaban J connectivity index is 1.64. The predicted molar refractivity (Wildman–Crippen MR) is 67.7 cm³/mol. The standard InChI is InChI=1S/C14H21N3/c1-2-4-11(5-3-1)13-8-9-15-14(17-13)10-16-12-6-7-12/h8-9,11-12,16H,1-7,10H2. The Hall–Kier alpha value is -0.960. The van der Waals surface area contributed by atoms with Crippen LogP contribution in [0.15, 0.2) is 12.3 Å². The zero-order chi connectivity index (χ0) is 11.5. The van der Waals surface area contributed by atoms with Gasteiger partial charge in [0.15, 0.2) is 0 Å². The van der Waals surface area contributed by atoms with Gasteiger partial charge in [0.2, 0.25) is 0 Å². The first-order valence-corrected chi connectivity index (χ1v) is 6.97. The summed E-state index contributed by atoms with van der Waals surface area (Å²) in [6, 6.07) is 2.84. The lowest BCUT2D eigenvalue weighted by Gasteiger charge is -2.21. The second kappa shape index (κ2) is 5.13. The van der Waals surface area contributed by atoms with Crippen LogP contribution in [-0.2, 0) is 6.54 Å². The van der Waals surface area contributed by atoms with Crippen LogP contribution in [0, 0.1) is 0 Å². The molecule has 2 fully saturated rings. The highest BCUT2D eigenvalue weighted by Gasteiger charge is 2.21. The molecule has 0 atom stereocenters. The van der Waals surface area contributed by atoms with Crippen molar-refractivity contribution in [3.63, 3.8) is 0 Å². The predicted octanol–water partition coefficient (Wildman–Crippen LogP) is 2.78. The van der Waals surface area contributed by atoms with Gasteiger partial charge in [-0.05, 0) is 31.7 Å². The highest BCUT2D eigenvalue weighted by molar-refractivity contribution is 5.09. The molecule has 3 nitrogen and oxygen atoms in total. The molecule has 1 aromatic heterocycles. The van der Waals surface area contributed by atoms with Crippen LogP contribution in [0.5, 0.6) is 0 Å². The van der Waals surface area contributed by atoms with Gasteiger partial charge in [0.05, 0.1) is 6.54 Å². The van der Waals surface area contributed by atoms with Gasteiger partial charge in [-0.15, -0.1) is 0 Å². The molecule has 17 heavy (non-hydrogen) atoms. The van der Waals surface area contributed by atoms with E-state index in [9.17, 15) is 0 Å². The Bertz CT molecular complexity index is 367. The third kappa shape index (κ3) is 3.03. The summed E-state index contributed by atoms with van der Waals surface area (Å²) in [5.74, 6) is 1.66. The molecule has 1 heterocycles. The average Bonchev–Trinajstić information content (AvgIpc) is 3.22. The number of hydrogen-bond donors (Lipinski definition) is 1. The number of hydrogen-bond acceptors (Lipinski definition) is 3. The summed E-state index contributed by atoms with van der Waals surface area (Å²) in [7, 11) is 0. The largest absolute Gasteiger partial charge is 0.307 e. The second-order valence-electron chi connectivity index (χ2n) is 5.39. The number of nitrogens with one attached hydrogen (secondary N) is 1. The molecule has 0 bridgehead atoms. The minimum Gasteiger partial charge on any atom is -0.307 e. The van der Waals surface area contributed by atoms with E-state index in [1.807, 2.05) is 6.20 Å². The van der Waals surface area contributed by atoms with Crippen molar-refractivity contribution < 1.29 is 0 Å².